The van der Waals surface area contributed by atoms with E-state index in [1.807, 2.05) is 49.6 Å². The van der Waals surface area contributed by atoms with E-state index < -0.39 is 0 Å². The number of carbonyl (C=O) groups excluding carboxylic acids is 1. The quantitative estimate of drug-likeness (QED) is 0.459. The van der Waals surface area contributed by atoms with Crippen molar-refractivity contribution in [3.8, 4) is 0 Å². The number of nitrogens with one attached hydrogen (secondary N) is 1. The number of rotatable bonds is 7. The molecule has 0 saturated heterocycles. The van der Waals surface area contributed by atoms with Gasteiger partial charge in [-0.1, -0.05) is 43.8 Å². The number of hydrogen-bond donors (Lipinski definition) is 1. The Labute approximate surface area is 166 Å². The second-order valence-corrected chi connectivity index (χ2v) is 8.17. The Morgan fingerprint density at radius 1 is 1.30 bits per heavy atom. The summed E-state index contributed by atoms with van der Waals surface area (Å²) in [6.07, 6.45) is 1.68. The first kappa shape index (κ1) is 19.6. The first-order valence-corrected chi connectivity index (χ1v) is 10.9. The summed E-state index contributed by atoms with van der Waals surface area (Å²) in [6, 6.07) is 9.68. The zero-order chi connectivity index (χ0) is 19.4. The lowest BCUT2D eigenvalue weighted by Gasteiger charge is -2.17. The molecule has 1 aromatic carbocycles. The Morgan fingerprint density at radius 2 is 2.07 bits per heavy atom. The number of nitrogens with zero attached hydrogens (tertiary/aromatic N) is 2. The van der Waals surface area contributed by atoms with E-state index in [2.05, 4.69) is 17.2 Å². The minimum absolute atomic E-state index is 0.0245. The topological polar surface area (TPSA) is 64.0 Å². The van der Waals surface area contributed by atoms with Crippen molar-refractivity contribution in [2.45, 2.75) is 44.8 Å². The van der Waals surface area contributed by atoms with Gasteiger partial charge in [0.1, 0.15) is 4.70 Å². The summed E-state index contributed by atoms with van der Waals surface area (Å²) in [4.78, 5) is 29.9. The molecule has 0 bridgehead atoms. The molecule has 3 aromatic rings. The number of hydrogen-bond acceptors (Lipinski definition) is 5. The van der Waals surface area contributed by atoms with Gasteiger partial charge in [-0.25, -0.2) is 4.98 Å². The predicted octanol–water partition coefficient (Wildman–Crippen LogP) is 4.72. The van der Waals surface area contributed by atoms with Gasteiger partial charge in [-0.2, -0.15) is 0 Å². The fourth-order valence-electron chi connectivity index (χ4n) is 2.84. The summed E-state index contributed by atoms with van der Waals surface area (Å²) < 4.78 is 2.39. The van der Waals surface area contributed by atoms with Crippen LogP contribution in [-0.4, -0.2) is 21.2 Å². The maximum atomic E-state index is 12.8. The minimum Gasteiger partial charge on any atom is -0.325 e. The average molecular weight is 402 g/mol. The second-order valence-electron chi connectivity index (χ2n) is 6.31. The van der Waals surface area contributed by atoms with Gasteiger partial charge in [0.05, 0.1) is 11.3 Å². The Balaban J connectivity index is 1.82. The van der Waals surface area contributed by atoms with Gasteiger partial charge in [-0.05, 0) is 42.8 Å². The van der Waals surface area contributed by atoms with Gasteiger partial charge in [-0.3, -0.25) is 14.2 Å². The SMILES string of the molecule is CCc1ccccc1NC(=O)CSc1nc2ccsc2c(=O)n1[C@@H](C)CC. The van der Waals surface area contributed by atoms with Crippen LogP contribution < -0.4 is 10.9 Å². The number of para-hydroxylation sites is 1. The number of benzene rings is 1. The summed E-state index contributed by atoms with van der Waals surface area (Å²) in [5.74, 6) is 0.104. The predicted molar refractivity (Wildman–Crippen MR) is 114 cm³/mol. The number of thiophene rings is 1. The van der Waals surface area contributed by atoms with E-state index in [9.17, 15) is 9.59 Å². The molecule has 0 aliphatic rings. The van der Waals surface area contributed by atoms with Crippen LogP contribution in [0.5, 0.6) is 0 Å². The lowest BCUT2D eigenvalue weighted by Crippen LogP contribution is -2.26. The molecule has 1 atom stereocenters. The van der Waals surface area contributed by atoms with Crippen LogP contribution in [0, 0.1) is 0 Å². The number of thioether (sulfide) groups is 1. The summed E-state index contributed by atoms with van der Waals surface area (Å²) in [5.41, 5.74) is 2.61. The molecule has 3 rings (SSSR count). The van der Waals surface area contributed by atoms with Gasteiger partial charge in [-0.15, -0.1) is 11.3 Å². The monoisotopic (exact) mass is 401 g/mol. The Kier molecular flexibility index (Phi) is 6.34. The number of aryl methyl sites for hydroxylation is 1. The molecule has 1 N–H and O–H groups in total. The fraction of sp³-hybridized carbons (Fsp3) is 0.350. The van der Waals surface area contributed by atoms with Crippen LogP contribution in [0.1, 0.15) is 38.8 Å². The molecule has 5 nitrogen and oxygen atoms in total. The van der Waals surface area contributed by atoms with Crippen LogP contribution in [0.4, 0.5) is 5.69 Å². The van der Waals surface area contributed by atoms with Crippen molar-refractivity contribution < 1.29 is 4.79 Å². The highest BCUT2D eigenvalue weighted by Crippen LogP contribution is 2.25. The van der Waals surface area contributed by atoms with Crippen LogP contribution in [0.25, 0.3) is 10.2 Å². The fourth-order valence-corrected chi connectivity index (χ4v) is 4.51. The van der Waals surface area contributed by atoms with Crippen LogP contribution >= 0.6 is 23.1 Å². The molecule has 142 valence electrons. The van der Waals surface area contributed by atoms with E-state index in [0.29, 0.717) is 15.4 Å². The second kappa shape index (κ2) is 8.71. The number of fused-ring (bicyclic) bond motifs is 1. The van der Waals surface area contributed by atoms with Gasteiger partial charge in [0.25, 0.3) is 5.56 Å². The molecule has 0 fully saturated rings. The smallest absolute Gasteiger partial charge is 0.272 e. The first-order valence-electron chi connectivity index (χ1n) is 9.05. The van der Waals surface area contributed by atoms with Crippen molar-refractivity contribution in [3.63, 3.8) is 0 Å². The maximum Gasteiger partial charge on any atom is 0.272 e. The molecule has 0 unspecified atom stereocenters. The van der Waals surface area contributed by atoms with Gasteiger partial charge in [0, 0.05) is 11.7 Å². The van der Waals surface area contributed by atoms with Gasteiger partial charge in [0.2, 0.25) is 5.91 Å². The van der Waals surface area contributed by atoms with Crippen molar-refractivity contribution in [3.05, 3.63) is 51.6 Å². The summed E-state index contributed by atoms with van der Waals surface area (Å²) in [5, 5.41) is 5.44. The number of amides is 1. The van der Waals surface area contributed by atoms with Gasteiger partial charge < -0.3 is 5.32 Å². The molecular formula is C20H23N3O2S2. The summed E-state index contributed by atoms with van der Waals surface area (Å²) in [7, 11) is 0. The Hall–Kier alpha value is -2.12. The normalized spacial score (nSPS) is 12.3. The van der Waals surface area contributed by atoms with E-state index in [1.165, 1.54) is 23.1 Å². The molecule has 0 aliphatic carbocycles. The van der Waals surface area contributed by atoms with E-state index in [4.69, 9.17) is 0 Å². The number of aromatic nitrogens is 2. The highest BCUT2D eigenvalue weighted by atomic mass is 32.2. The van der Waals surface area contributed by atoms with Crippen molar-refractivity contribution >= 4 is 44.9 Å². The lowest BCUT2D eigenvalue weighted by molar-refractivity contribution is -0.113. The van der Waals surface area contributed by atoms with Crippen molar-refractivity contribution in [1.82, 2.24) is 9.55 Å². The Bertz CT molecular complexity index is 1010. The summed E-state index contributed by atoms with van der Waals surface area (Å²) >= 11 is 2.72. The molecule has 0 radical (unpaired) electrons. The molecule has 0 aliphatic heterocycles. The number of carbonyl (C=O) groups is 1. The molecule has 27 heavy (non-hydrogen) atoms. The Morgan fingerprint density at radius 3 is 2.81 bits per heavy atom. The van der Waals surface area contributed by atoms with E-state index in [1.54, 1.807) is 4.57 Å². The summed E-state index contributed by atoms with van der Waals surface area (Å²) in [6.45, 7) is 6.10. The minimum atomic E-state index is -0.101. The van der Waals surface area contributed by atoms with E-state index in [-0.39, 0.29) is 23.3 Å². The van der Waals surface area contributed by atoms with Gasteiger partial charge in [0.15, 0.2) is 5.16 Å². The number of anilines is 1. The maximum absolute atomic E-state index is 12.8. The standard InChI is InChI=1S/C20H23N3O2S2/c1-4-13(3)23-19(25)18-16(10-11-26-18)22-20(23)27-12-17(24)21-15-9-7-6-8-14(15)5-2/h6-11,13H,4-5,12H2,1-3H3,(H,21,24)/t13-/m0/s1. The molecule has 0 saturated carbocycles. The van der Waals surface area contributed by atoms with Crippen molar-refractivity contribution in [2.24, 2.45) is 0 Å². The third-order valence-electron chi connectivity index (χ3n) is 4.52. The van der Waals surface area contributed by atoms with Gasteiger partial charge >= 0.3 is 0 Å². The molecule has 2 heterocycles. The first-order chi connectivity index (χ1) is 13.0. The largest absolute Gasteiger partial charge is 0.325 e. The van der Waals surface area contributed by atoms with Crippen molar-refractivity contribution in [2.75, 3.05) is 11.1 Å². The zero-order valence-electron chi connectivity index (χ0n) is 15.7. The van der Waals surface area contributed by atoms with Crippen LogP contribution in [-0.2, 0) is 11.2 Å². The molecule has 2 aromatic heterocycles. The van der Waals surface area contributed by atoms with Crippen LogP contribution in [0.15, 0.2) is 45.7 Å². The average Bonchev–Trinajstić information content (AvgIpc) is 3.15. The third kappa shape index (κ3) is 4.25. The van der Waals surface area contributed by atoms with E-state index >= 15 is 0 Å². The van der Waals surface area contributed by atoms with Crippen LogP contribution in [0.2, 0.25) is 0 Å². The molecule has 1 amide bonds. The highest BCUT2D eigenvalue weighted by Gasteiger charge is 2.17. The molecular weight excluding hydrogens is 378 g/mol. The molecule has 0 spiro atoms. The van der Waals surface area contributed by atoms with Crippen molar-refractivity contribution in [1.29, 1.82) is 0 Å². The van der Waals surface area contributed by atoms with Crippen LogP contribution in [0.3, 0.4) is 0 Å². The lowest BCUT2D eigenvalue weighted by atomic mass is 10.1. The zero-order valence-corrected chi connectivity index (χ0v) is 17.3. The molecule has 7 heteroatoms. The van der Waals surface area contributed by atoms with E-state index in [0.717, 1.165) is 24.1 Å². The third-order valence-corrected chi connectivity index (χ3v) is 6.36. The highest BCUT2D eigenvalue weighted by molar-refractivity contribution is 7.99.